The van der Waals surface area contributed by atoms with Gasteiger partial charge >= 0.3 is 0 Å². The summed E-state index contributed by atoms with van der Waals surface area (Å²) in [5.74, 6) is 0. The smallest absolute Gasteiger partial charge is 0.129 e. The highest BCUT2D eigenvalue weighted by Crippen LogP contribution is 2.10. The number of rotatable bonds is 3. The van der Waals surface area contributed by atoms with Crippen LogP contribution in [0.5, 0.6) is 0 Å². The Morgan fingerprint density at radius 3 is 2.62 bits per heavy atom. The average Bonchev–Trinajstić information content (AvgIpc) is 1.83. The molecule has 0 fully saturated rings. The van der Waals surface area contributed by atoms with Gasteiger partial charge < -0.3 is 4.74 Å². The van der Waals surface area contributed by atoms with Gasteiger partial charge in [0.05, 0.1) is 7.11 Å². The molecule has 2 nitrogen and oxygen atoms in total. The Morgan fingerprint density at radius 1 is 1.88 bits per heavy atom. The summed E-state index contributed by atoms with van der Waals surface area (Å²) in [6, 6.07) is 0. The molecule has 0 radical (unpaired) electrons. The maximum atomic E-state index is 4.67. The molecule has 0 bridgehead atoms. The van der Waals surface area contributed by atoms with E-state index in [-0.39, 0.29) is 0 Å². The standard InChI is InChI=1S/C5H9NOS/c1-6-5(8-3)4-7-2/h4H,1H2,2-3H3/b5-4+. The quantitative estimate of drug-likeness (QED) is 0.427. The van der Waals surface area contributed by atoms with Gasteiger partial charge in [0.1, 0.15) is 11.3 Å². The van der Waals surface area contributed by atoms with E-state index < -0.39 is 0 Å². The molecule has 0 rings (SSSR count). The van der Waals surface area contributed by atoms with Crippen LogP contribution in [0.3, 0.4) is 0 Å². The van der Waals surface area contributed by atoms with Crippen molar-refractivity contribution in [3.63, 3.8) is 0 Å². The minimum atomic E-state index is 0.799. The second-order valence-electron chi connectivity index (χ2n) is 1.05. The van der Waals surface area contributed by atoms with Gasteiger partial charge in [0.25, 0.3) is 0 Å². The second-order valence-corrected chi connectivity index (χ2v) is 1.88. The zero-order valence-electron chi connectivity index (χ0n) is 5.05. The molecule has 0 aliphatic rings. The monoisotopic (exact) mass is 131 g/mol. The Labute approximate surface area is 53.6 Å². The topological polar surface area (TPSA) is 21.6 Å². The van der Waals surface area contributed by atoms with Gasteiger partial charge in [0.15, 0.2) is 0 Å². The molecule has 0 heterocycles. The van der Waals surface area contributed by atoms with Crippen LogP contribution in [0, 0.1) is 0 Å². The van der Waals surface area contributed by atoms with Crippen molar-refractivity contribution in [3.8, 4) is 0 Å². The van der Waals surface area contributed by atoms with Crippen molar-refractivity contribution < 1.29 is 4.74 Å². The lowest BCUT2D eigenvalue weighted by molar-refractivity contribution is 0.336. The summed E-state index contributed by atoms with van der Waals surface area (Å²) < 4.78 is 4.67. The second kappa shape index (κ2) is 4.71. The van der Waals surface area contributed by atoms with Crippen LogP contribution >= 0.6 is 11.8 Å². The van der Waals surface area contributed by atoms with Crippen LogP contribution in [-0.4, -0.2) is 20.1 Å². The fourth-order valence-electron chi connectivity index (χ4n) is 0.251. The molecule has 0 saturated carbocycles. The third-order valence-electron chi connectivity index (χ3n) is 0.584. The summed E-state index contributed by atoms with van der Waals surface area (Å²) in [6.45, 7) is 3.33. The lowest BCUT2D eigenvalue weighted by Gasteiger charge is -1.91. The molecule has 0 spiro atoms. The Balaban J connectivity index is 3.66. The summed E-state index contributed by atoms with van der Waals surface area (Å²) in [4.78, 5) is 3.65. The number of ether oxygens (including phenoxy) is 1. The van der Waals surface area contributed by atoms with Crippen LogP contribution in [-0.2, 0) is 4.74 Å². The number of nitrogens with zero attached hydrogens (tertiary/aromatic N) is 1. The first kappa shape index (κ1) is 7.56. The van der Waals surface area contributed by atoms with E-state index >= 15 is 0 Å². The number of thioether (sulfide) groups is 1. The van der Waals surface area contributed by atoms with Crippen LogP contribution in [0.25, 0.3) is 0 Å². The minimum absolute atomic E-state index is 0.799. The van der Waals surface area contributed by atoms with E-state index in [0.29, 0.717) is 0 Å². The summed E-state index contributed by atoms with van der Waals surface area (Å²) in [6.07, 6.45) is 3.47. The van der Waals surface area contributed by atoms with Crippen molar-refractivity contribution in [1.29, 1.82) is 0 Å². The predicted molar refractivity (Wildman–Crippen MR) is 38.2 cm³/mol. The molecule has 0 atom stereocenters. The van der Waals surface area contributed by atoms with Gasteiger partial charge in [0, 0.05) is 0 Å². The molecule has 46 valence electrons. The zero-order chi connectivity index (χ0) is 6.41. The maximum absolute atomic E-state index is 4.67. The van der Waals surface area contributed by atoms with Crippen molar-refractivity contribution in [1.82, 2.24) is 0 Å². The van der Waals surface area contributed by atoms with E-state index in [4.69, 9.17) is 0 Å². The molecule has 0 aromatic carbocycles. The highest BCUT2D eigenvalue weighted by molar-refractivity contribution is 8.02. The third-order valence-corrected chi connectivity index (χ3v) is 1.23. The van der Waals surface area contributed by atoms with Crippen molar-refractivity contribution >= 4 is 18.5 Å². The minimum Gasteiger partial charge on any atom is -0.502 e. The van der Waals surface area contributed by atoms with Crippen LogP contribution in [0.4, 0.5) is 0 Å². The molecule has 0 unspecified atom stereocenters. The SMILES string of the molecule is C=N/C(=C\OC)SC. The van der Waals surface area contributed by atoms with E-state index in [9.17, 15) is 0 Å². The Morgan fingerprint density at radius 2 is 2.50 bits per heavy atom. The molecule has 0 N–H and O–H groups in total. The fraction of sp³-hybridized carbons (Fsp3) is 0.400. The Hall–Kier alpha value is -0.440. The molecular weight excluding hydrogens is 122 g/mol. The zero-order valence-corrected chi connectivity index (χ0v) is 5.86. The van der Waals surface area contributed by atoms with Gasteiger partial charge in [-0.25, -0.2) is 0 Å². The van der Waals surface area contributed by atoms with Crippen LogP contribution < -0.4 is 0 Å². The summed E-state index contributed by atoms with van der Waals surface area (Å²) in [5, 5.41) is 0.799. The van der Waals surface area contributed by atoms with E-state index in [1.165, 1.54) is 11.8 Å². The van der Waals surface area contributed by atoms with E-state index in [0.717, 1.165) is 5.03 Å². The molecule has 0 amide bonds. The maximum Gasteiger partial charge on any atom is 0.129 e. The van der Waals surface area contributed by atoms with Crippen molar-refractivity contribution in [3.05, 3.63) is 11.3 Å². The van der Waals surface area contributed by atoms with Gasteiger partial charge in [0.2, 0.25) is 0 Å². The number of hydrogen-bond donors (Lipinski definition) is 0. The summed E-state index contributed by atoms with van der Waals surface area (Å²) in [7, 11) is 1.58. The first-order valence-corrected chi connectivity index (χ1v) is 3.31. The van der Waals surface area contributed by atoms with Gasteiger partial charge in [-0.1, -0.05) is 0 Å². The van der Waals surface area contributed by atoms with Crippen LogP contribution in [0.15, 0.2) is 16.3 Å². The first-order chi connectivity index (χ1) is 3.85. The van der Waals surface area contributed by atoms with Crippen LogP contribution in [0.2, 0.25) is 0 Å². The molecular formula is C5H9NOS. The molecule has 0 aromatic rings. The lowest BCUT2D eigenvalue weighted by Crippen LogP contribution is -1.70. The van der Waals surface area contributed by atoms with Gasteiger partial charge in [-0.3, -0.25) is 4.99 Å². The predicted octanol–water partition coefficient (Wildman–Crippen LogP) is 1.50. The van der Waals surface area contributed by atoms with Gasteiger partial charge in [-0.05, 0) is 13.0 Å². The largest absolute Gasteiger partial charge is 0.502 e. The third kappa shape index (κ3) is 2.69. The van der Waals surface area contributed by atoms with E-state index in [2.05, 4.69) is 16.4 Å². The molecule has 3 heteroatoms. The molecule has 0 saturated heterocycles. The molecule has 8 heavy (non-hydrogen) atoms. The first-order valence-electron chi connectivity index (χ1n) is 2.08. The highest BCUT2D eigenvalue weighted by Gasteiger charge is 1.84. The fourth-order valence-corrected chi connectivity index (χ4v) is 0.572. The Kier molecular flexibility index (Phi) is 4.45. The van der Waals surface area contributed by atoms with Gasteiger partial charge in [-0.2, -0.15) is 0 Å². The number of methoxy groups -OCH3 is 1. The van der Waals surface area contributed by atoms with E-state index in [1.54, 1.807) is 13.4 Å². The lowest BCUT2D eigenvalue weighted by atomic mass is 11.0. The van der Waals surface area contributed by atoms with E-state index in [1.807, 2.05) is 6.26 Å². The normalized spacial score (nSPS) is 11.0. The van der Waals surface area contributed by atoms with Crippen molar-refractivity contribution in [2.75, 3.05) is 13.4 Å². The van der Waals surface area contributed by atoms with Crippen molar-refractivity contribution in [2.45, 2.75) is 0 Å². The summed E-state index contributed by atoms with van der Waals surface area (Å²) >= 11 is 1.50. The van der Waals surface area contributed by atoms with Crippen LogP contribution in [0.1, 0.15) is 0 Å². The van der Waals surface area contributed by atoms with Crippen molar-refractivity contribution in [2.24, 2.45) is 4.99 Å². The Bertz CT molecular complexity index is 101. The number of aliphatic imine (C=N–C) groups is 1. The van der Waals surface area contributed by atoms with Gasteiger partial charge in [-0.15, -0.1) is 11.8 Å². The summed E-state index contributed by atoms with van der Waals surface area (Å²) in [5.41, 5.74) is 0. The highest BCUT2D eigenvalue weighted by atomic mass is 32.2. The molecule has 0 aliphatic heterocycles. The molecule has 0 aromatic heterocycles. The average molecular weight is 131 g/mol. The number of hydrogen-bond acceptors (Lipinski definition) is 3. The molecule has 0 aliphatic carbocycles.